The number of hydrogen-bond acceptors (Lipinski definition) is 3. The molecule has 102 valence electrons. The minimum absolute atomic E-state index is 0.269. The van der Waals surface area contributed by atoms with Crippen LogP contribution < -0.4 is 0 Å². The van der Waals surface area contributed by atoms with Crippen molar-refractivity contribution >= 4 is 27.8 Å². The van der Waals surface area contributed by atoms with Crippen LogP contribution in [0.15, 0.2) is 22.9 Å². The Bertz CT molecular complexity index is 493. The van der Waals surface area contributed by atoms with E-state index >= 15 is 0 Å². The molecule has 0 saturated carbocycles. The molecule has 1 aromatic rings. The van der Waals surface area contributed by atoms with Crippen LogP contribution >= 0.6 is 15.9 Å². The Morgan fingerprint density at radius 3 is 2.84 bits per heavy atom. The maximum atomic E-state index is 12.5. The van der Waals surface area contributed by atoms with Crippen molar-refractivity contribution in [1.29, 1.82) is 0 Å². The molecule has 1 unspecified atom stereocenters. The van der Waals surface area contributed by atoms with Crippen molar-refractivity contribution in [2.24, 2.45) is 0 Å². The van der Waals surface area contributed by atoms with E-state index in [0.29, 0.717) is 23.1 Å². The van der Waals surface area contributed by atoms with E-state index in [1.165, 1.54) is 4.90 Å². The van der Waals surface area contributed by atoms with Gasteiger partial charge in [0.15, 0.2) is 0 Å². The maximum Gasteiger partial charge on any atom is 0.326 e. The van der Waals surface area contributed by atoms with Crippen molar-refractivity contribution in [3.63, 3.8) is 0 Å². The molecular formula is C13H15BrN2O3. The lowest BCUT2D eigenvalue weighted by atomic mass is 10.1. The second kappa shape index (κ2) is 6.14. The van der Waals surface area contributed by atoms with Crippen LogP contribution in [0.1, 0.15) is 36.0 Å². The van der Waals surface area contributed by atoms with Crippen LogP contribution in [0.4, 0.5) is 0 Å². The fraction of sp³-hybridized carbons (Fsp3) is 0.462. The summed E-state index contributed by atoms with van der Waals surface area (Å²) in [6, 6.07) is 2.59. The summed E-state index contributed by atoms with van der Waals surface area (Å²) >= 11 is 3.23. The van der Waals surface area contributed by atoms with E-state index in [-0.39, 0.29) is 5.91 Å². The van der Waals surface area contributed by atoms with Gasteiger partial charge < -0.3 is 10.0 Å². The summed E-state index contributed by atoms with van der Waals surface area (Å²) in [7, 11) is 0. The first kappa shape index (κ1) is 14.0. The molecule has 2 heterocycles. The highest BCUT2D eigenvalue weighted by Gasteiger charge is 2.32. The van der Waals surface area contributed by atoms with Crippen molar-refractivity contribution in [1.82, 2.24) is 9.88 Å². The van der Waals surface area contributed by atoms with E-state index in [1.807, 2.05) is 0 Å². The van der Waals surface area contributed by atoms with Crippen molar-refractivity contribution in [2.45, 2.75) is 31.7 Å². The largest absolute Gasteiger partial charge is 0.480 e. The van der Waals surface area contributed by atoms with Gasteiger partial charge in [0.2, 0.25) is 0 Å². The van der Waals surface area contributed by atoms with Gasteiger partial charge in [-0.3, -0.25) is 4.79 Å². The van der Waals surface area contributed by atoms with E-state index in [2.05, 4.69) is 20.9 Å². The second-order valence-electron chi connectivity index (χ2n) is 4.54. The SMILES string of the molecule is O=C(O)C1CCCCCN1C(=O)c1cccnc1Br. The van der Waals surface area contributed by atoms with Crippen LogP contribution in [0, 0.1) is 0 Å². The molecule has 1 saturated heterocycles. The first-order valence-corrected chi connectivity index (χ1v) is 7.05. The van der Waals surface area contributed by atoms with Crippen molar-refractivity contribution < 1.29 is 14.7 Å². The van der Waals surface area contributed by atoms with Gasteiger partial charge in [-0.2, -0.15) is 0 Å². The molecule has 19 heavy (non-hydrogen) atoms. The summed E-state index contributed by atoms with van der Waals surface area (Å²) in [4.78, 5) is 29.3. The lowest BCUT2D eigenvalue weighted by Crippen LogP contribution is -2.44. The van der Waals surface area contributed by atoms with Crippen LogP contribution in [0.5, 0.6) is 0 Å². The smallest absolute Gasteiger partial charge is 0.326 e. The molecule has 6 heteroatoms. The number of carbonyl (C=O) groups is 2. The lowest BCUT2D eigenvalue weighted by molar-refractivity contribution is -0.142. The highest BCUT2D eigenvalue weighted by atomic mass is 79.9. The molecular weight excluding hydrogens is 312 g/mol. The van der Waals surface area contributed by atoms with E-state index in [0.717, 1.165) is 19.3 Å². The zero-order valence-corrected chi connectivity index (χ0v) is 12.0. The summed E-state index contributed by atoms with van der Waals surface area (Å²) < 4.78 is 0.452. The number of hydrogen-bond donors (Lipinski definition) is 1. The molecule has 0 aromatic carbocycles. The topological polar surface area (TPSA) is 70.5 Å². The zero-order chi connectivity index (χ0) is 13.8. The molecule has 1 aliphatic heterocycles. The fourth-order valence-electron chi connectivity index (χ4n) is 2.31. The number of carbonyl (C=O) groups excluding carboxylic acids is 1. The summed E-state index contributed by atoms with van der Waals surface area (Å²) in [5.74, 6) is -1.20. The molecule has 0 bridgehead atoms. The average Bonchev–Trinajstić information content (AvgIpc) is 2.64. The number of nitrogens with zero attached hydrogens (tertiary/aromatic N) is 2. The van der Waals surface area contributed by atoms with E-state index in [4.69, 9.17) is 0 Å². The molecule has 0 radical (unpaired) electrons. The first-order chi connectivity index (χ1) is 9.11. The van der Waals surface area contributed by atoms with Gasteiger partial charge in [0, 0.05) is 12.7 Å². The minimum Gasteiger partial charge on any atom is -0.480 e. The molecule has 1 N–H and O–H groups in total. The third-order valence-electron chi connectivity index (χ3n) is 3.29. The third kappa shape index (κ3) is 3.12. The van der Waals surface area contributed by atoms with Crippen molar-refractivity contribution in [3.8, 4) is 0 Å². The highest BCUT2D eigenvalue weighted by Crippen LogP contribution is 2.22. The lowest BCUT2D eigenvalue weighted by Gasteiger charge is -2.27. The number of carboxylic acid groups (broad SMARTS) is 1. The number of aliphatic carboxylic acids is 1. The maximum absolute atomic E-state index is 12.5. The number of likely N-dealkylation sites (tertiary alicyclic amines) is 1. The average molecular weight is 327 g/mol. The van der Waals surface area contributed by atoms with Crippen LogP contribution in [0.2, 0.25) is 0 Å². The summed E-state index contributed by atoms with van der Waals surface area (Å²) in [5.41, 5.74) is 0.413. The van der Waals surface area contributed by atoms with E-state index in [9.17, 15) is 14.7 Å². The predicted molar refractivity (Wildman–Crippen MR) is 72.9 cm³/mol. The number of rotatable bonds is 2. The molecule has 1 fully saturated rings. The number of pyridine rings is 1. The summed E-state index contributed by atoms with van der Waals surface area (Å²) in [6.45, 7) is 0.483. The number of carboxylic acids is 1. The molecule has 0 aliphatic carbocycles. The standard InChI is InChI=1S/C13H15BrN2O3/c14-11-9(5-4-7-15-11)12(17)16-8-3-1-2-6-10(16)13(18)19/h4-5,7,10H,1-3,6,8H2,(H,18,19). The van der Waals surface area contributed by atoms with Gasteiger partial charge in [0.25, 0.3) is 5.91 Å². The Kier molecular flexibility index (Phi) is 4.52. The third-order valence-corrected chi connectivity index (χ3v) is 3.92. The summed E-state index contributed by atoms with van der Waals surface area (Å²) in [5, 5.41) is 9.28. The second-order valence-corrected chi connectivity index (χ2v) is 5.29. The monoisotopic (exact) mass is 326 g/mol. The quantitative estimate of drug-likeness (QED) is 0.846. The van der Waals surface area contributed by atoms with Gasteiger partial charge in [-0.1, -0.05) is 12.8 Å². The Morgan fingerprint density at radius 2 is 2.16 bits per heavy atom. The van der Waals surface area contributed by atoms with Gasteiger partial charge in [-0.25, -0.2) is 9.78 Å². The van der Waals surface area contributed by atoms with Crippen LogP contribution in [-0.2, 0) is 4.79 Å². The zero-order valence-electron chi connectivity index (χ0n) is 10.4. The van der Waals surface area contributed by atoms with Crippen molar-refractivity contribution in [3.05, 3.63) is 28.5 Å². The fourth-order valence-corrected chi connectivity index (χ4v) is 2.73. The predicted octanol–water partition coefficient (Wildman–Crippen LogP) is 2.31. The highest BCUT2D eigenvalue weighted by molar-refractivity contribution is 9.10. The van der Waals surface area contributed by atoms with Gasteiger partial charge in [-0.15, -0.1) is 0 Å². The van der Waals surface area contributed by atoms with E-state index < -0.39 is 12.0 Å². The number of aromatic nitrogens is 1. The number of halogens is 1. The Labute approximate surface area is 119 Å². The summed E-state index contributed by atoms with van der Waals surface area (Å²) in [6.07, 6.45) is 4.74. The van der Waals surface area contributed by atoms with Crippen LogP contribution in [-0.4, -0.2) is 39.5 Å². The minimum atomic E-state index is -0.935. The molecule has 1 atom stereocenters. The van der Waals surface area contributed by atoms with Gasteiger partial charge in [0.1, 0.15) is 10.6 Å². The van der Waals surface area contributed by atoms with Gasteiger partial charge in [0.05, 0.1) is 5.56 Å². The van der Waals surface area contributed by atoms with Crippen LogP contribution in [0.3, 0.4) is 0 Å². The Morgan fingerprint density at radius 1 is 1.37 bits per heavy atom. The normalized spacial score (nSPS) is 19.8. The van der Waals surface area contributed by atoms with Gasteiger partial charge >= 0.3 is 5.97 Å². The molecule has 5 nitrogen and oxygen atoms in total. The Hall–Kier alpha value is -1.43. The van der Waals surface area contributed by atoms with Crippen molar-refractivity contribution in [2.75, 3.05) is 6.54 Å². The van der Waals surface area contributed by atoms with Crippen LogP contribution in [0.25, 0.3) is 0 Å². The Balaban J connectivity index is 2.29. The first-order valence-electron chi connectivity index (χ1n) is 6.25. The number of amides is 1. The van der Waals surface area contributed by atoms with E-state index in [1.54, 1.807) is 18.3 Å². The molecule has 2 rings (SSSR count). The van der Waals surface area contributed by atoms with Gasteiger partial charge in [-0.05, 0) is 40.9 Å². The molecule has 1 aliphatic rings. The molecule has 1 aromatic heterocycles. The molecule has 1 amide bonds. The molecule has 0 spiro atoms.